The van der Waals surface area contributed by atoms with Gasteiger partial charge in [0, 0.05) is 16.5 Å². The van der Waals surface area contributed by atoms with Crippen molar-refractivity contribution < 1.29 is 23.1 Å². The Hall–Kier alpha value is -2.23. The molecule has 7 nitrogen and oxygen atoms in total. The fraction of sp³-hybridized carbons (Fsp3) is 0.294. The number of carboxylic acid groups (broad SMARTS) is 1. The molecule has 0 bridgehead atoms. The molecular formula is C17H18N2O5S2. The van der Waals surface area contributed by atoms with Crippen molar-refractivity contribution in [3.63, 3.8) is 0 Å². The van der Waals surface area contributed by atoms with Crippen molar-refractivity contribution in [2.45, 2.75) is 37.2 Å². The van der Waals surface area contributed by atoms with Crippen LogP contribution in [0.25, 0.3) is 0 Å². The molecule has 0 aliphatic heterocycles. The summed E-state index contributed by atoms with van der Waals surface area (Å²) in [6.07, 6.45) is 1.66. The zero-order valence-electron chi connectivity index (χ0n) is 14.0. The topological polar surface area (TPSA) is 113 Å². The highest BCUT2D eigenvalue weighted by molar-refractivity contribution is 7.89. The number of carbonyl (C=O) groups is 2. The summed E-state index contributed by atoms with van der Waals surface area (Å²) < 4.78 is 27.2. The molecule has 1 fully saturated rings. The van der Waals surface area contributed by atoms with Crippen LogP contribution >= 0.6 is 11.3 Å². The van der Waals surface area contributed by atoms with Gasteiger partial charge in [0.2, 0.25) is 10.0 Å². The van der Waals surface area contributed by atoms with Crippen LogP contribution in [-0.4, -0.2) is 31.4 Å². The second-order valence-corrected chi connectivity index (χ2v) is 9.01. The van der Waals surface area contributed by atoms with E-state index in [-0.39, 0.29) is 27.9 Å². The highest BCUT2D eigenvalue weighted by Gasteiger charge is 2.28. The third-order valence-corrected chi connectivity index (χ3v) is 6.55. The summed E-state index contributed by atoms with van der Waals surface area (Å²) in [7, 11) is -3.64. The molecule has 1 aliphatic rings. The normalized spacial score (nSPS) is 14.2. The Kier molecular flexibility index (Phi) is 5.12. The quantitative estimate of drug-likeness (QED) is 0.666. The Morgan fingerprint density at radius 1 is 1.23 bits per heavy atom. The number of thiophene rings is 1. The van der Waals surface area contributed by atoms with E-state index in [9.17, 15) is 18.0 Å². The lowest BCUT2D eigenvalue weighted by Crippen LogP contribution is -2.27. The first kappa shape index (κ1) is 18.6. The number of hydrogen-bond acceptors (Lipinski definition) is 5. The van der Waals surface area contributed by atoms with Gasteiger partial charge >= 0.3 is 5.97 Å². The van der Waals surface area contributed by atoms with Gasteiger partial charge in [-0.1, -0.05) is 6.07 Å². The Bertz CT molecular complexity index is 961. The first-order chi connectivity index (χ1) is 12.3. The minimum absolute atomic E-state index is 0.0131. The zero-order chi connectivity index (χ0) is 18.9. The molecule has 26 heavy (non-hydrogen) atoms. The van der Waals surface area contributed by atoms with Gasteiger partial charge in [0.15, 0.2) is 0 Å². The molecule has 1 amide bonds. The van der Waals surface area contributed by atoms with Gasteiger partial charge in [0.1, 0.15) is 4.88 Å². The van der Waals surface area contributed by atoms with Gasteiger partial charge in [-0.25, -0.2) is 17.9 Å². The van der Waals surface area contributed by atoms with Crippen molar-refractivity contribution in [1.29, 1.82) is 0 Å². The van der Waals surface area contributed by atoms with E-state index < -0.39 is 21.9 Å². The van der Waals surface area contributed by atoms with Gasteiger partial charge < -0.3 is 10.4 Å². The minimum Gasteiger partial charge on any atom is -0.477 e. The average Bonchev–Trinajstić information content (AvgIpc) is 3.24. The van der Waals surface area contributed by atoms with E-state index in [1.807, 2.05) is 0 Å². The number of rotatable bonds is 7. The molecule has 0 atom stereocenters. The van der Waals surface area contributed by atoms with E-state index in [1.165, 1.54) is 18.2 Å². The van der Waals surface area contributed by atoms with Crippen LogP contribution in [0.3, 0.4) is 0 Å². The predicted molar refractivity (Wildman–Crippen MR) is 97.0 cm³/mol. The van der Waals surface area contributed by atoms with Crippen LogP contribution in [-0.2, 0) is 16.6 Å². The molecule has 1 aliphatic carbocycles. The SMILES string of the molecule is Cc1ccc(S(=O)(=O)NC2CC2)cc1C(=O)NCc1ccc(C(=O)O)s1. The minimum atomic E-state index is -3.64. The molecule has 9 heteroatoms. The van der Waals surface area contributed by atoms with Crippen molar-refractivity contribution in [2.24, 2.45) is 0 Å². The Morgan fingerprint density at radius 3 is 2.58 bits per heavy atom. The van der Waals surface area contributed by atoms with Crippen LogP contribution in [0.15, 0.2) is 35.2 Å². The maximum atomic E-state index is 12.5. The van der Waals surface area contributed by atoms with Crippen molar-refractivity contribution in [3.05, 3.63) is 51.2 Å². The van der Waals surface area contributed by atoms with Crippen LogP contribution in [0.4, 0.5) is 0 Å². The largest absolute Gasteiger partial charge is 0.477 e. The summed E-state index contributed by atoms with van der Waals surface area (Å²) in [4.78, 5) is 24.3. The molecule has 0 spiro atoms. The second-order valence-electron chi connectivity index (χ2n) is 6.13. The van der Waals surface area contributed by atoms with E-state index in [0.29, 0.717) is 10.4 Å². The lowest BCUT2D eigenvalue weighted by molar-refractivity contribution is 0.0702. The number of aryl methyl sites for hydroxylation is 1. The fourth-order valence-corrected chi connectivity index (χ4v) is 4.47. The molecule has 0 radical (unpaired) electrons. The van der Waals surface area contributed by atoms with Crippen LogP contribution in [0.5, 0.6) is 0 Å². The summed E-state index contributed by atoms with van der Waals surface area (Å²) in [6, 6.07) is 7.56. The number of carbonyl (C=O) groups excluding carboxylic acids is 1. The molecule has 3 N–H and O–H groups in total. The summed E-state index contributed by atoms with van der Waals surface area (Å²) in [5.74, 6) is -1.42. The number of benzene rings is 1. The third-order valence-electron chi connectivity index (χ3n) is 3.96. The number of nitrogens with one attached hydrogen (secondary N) is 2. The molecule has 1 heterocycles. The highest BCUT2D eigenvalue weighted by atomic mass is 32.2. The van der Waals surface area contributed by atoms with Gasteiger partial charge in [-0.2, -0.15) is 0 Å². The molecule has 1 saturated carbocycles. The lowest BCUT2D eigenvalue weighted by Gasteiger charge is -2.10. The summed E-state index contributed by atoms with van der Waals surface area (Å²) in [6.45, 7) is 1.90. The Morgan fingerprint density at radius 2 is 1.96 bits per heavy atom. The standard InChI is InChI=1S/C17H18N2O5S2/c1-10-2-6-13(26(23,24)19-11-3-4-11)8-14(10)16(20)18-9-12-5-7-15(25-12)17(21)22/h2,5-8,11,19H,3-4,9H2,1H3,(H,18,20)(H,21,22). The number of carboxylic acids is 1. The van der Waals surface area contributed by atoms with E-state index in [4.69, 9.17) is 5.11 Å². The highest BCUT2D eigenvalue weighted by Crippen LogP contribution is 2.23. The third kappa shape index (κ3) is 4.29. The number of aromatic carboxylic acids is 1. The molecule has 3 rings (SSSR count). The van der Waals surface area contributed by atoms with Gasteiger partial charge in [0.25, 0.3) is 5.91 Å². The summed E-state index contributed by atoms with van der Waals surface area (Å²) in [5, 5.41) is 11.6. The van der Waals surface area contributed by atoms with Crippen LogP contribution in [0.1, 0.15) is 43.3 Å². The molecule has 0 saturated heterocycles. The number of hydrogen-bond donors (Lipinski definition) is 3. The molecule has 0 unspecified atom stereocenters. The molecule has 1 aromatic carbocycles. The maximum Gasteiger partial charge on any atom is 0.345 e. The van der Waals surface area contributed by atoms with Gasteiger partial charge in [-0.3, -0.25) is 4.79 Å². The summed E-state index contributed by atoms with van der Waals surface area (Å²) >= 11 is 1.08. The van der Waals surface area contributed by atoms with Crippen molar-refractivity contribution >= 4 is 33.2 Å². The lowest BCUT2D eigenvalue weighted by atomic mass is 10.1. The van der Waals surface area contributed by atoms with Crippen LogP contribution in [0.2, 0.25) is 0 Å². The van der Waals surface area contributed by atoms with Crippen molar-refractivity contribution in [2.75, 3.05) is 0 Å². The van der Waals surface area contributed by atoms with E-state index in [2.05, 4.69) is 10.0 Å². The maximum absolute atomic E-state index is 12.5. The Balaban J connectivity index is 1.73. The van der Waals surface area contributed by atoms with Crippen LogP contribution in [0, 0.1) is 6.92 Å². The number of sulfonamides is 1. The first-order valence-corrected chi connectivity index (χ1v) is 10.3. The fourth-order valence-electron chi connectivity index (χ4n) is 2.35. The average molecular weight is 394 g/mol. The number of amides is 1. The molecule has 138 valence electrons. The van der Waals surface area contributed by atoms with Crippen molar-refractivity contribution in [3.8, 4) is 0 Å². The van der Waals surface area contributed by atoms with E-state index in [0.717, 1.165) is 24.2 Å². The van der Waals surface area contributed by atoms with Gasteiger partial charge in [-0.15, -0.1) is 11.3 Å². The molecule has 2 aromatic rings. The van der Waals surface area contributed by atoms with Crippen molar-refractivity contribution in [1.82, 2.24) is 10.0 Å². The zero-order valence-corrected chi connectivity index (χ0v) is 15.6. The van der Waals surface area contributed by atoms with Gasteiger partial charge in [-0.05, 0) is 49.6 Å². The van der Waals surface area contributed by atoms with Gasteiger partial charge in [0.05, 0.1) is 11.4 Å². The smallest absolute Gasteiger partial charge is 0.345 e. The second kappa shape index (κ2) is 7.18. The monoisotopic (exact) mass is 394 g/mol. The summed E-state index contributed by atoms with van der Waals surface area (Å²) in [5.41, 5.74) is 0.934. The van der Waals surface area contributed by atoms with E-state index >= 15 is 0 Å². The molecular weight excluding hydrogens is 376 g/mol. The Labute approximate surface area is 155 Å². The molecule has 1 aromatic heterocycles. The first-order valence-electron chi connectivity index (χ1n) is 7.99. The van der Waals surface area contributed by atoms with Crippen LogP contribution < -0.4 is 10.0 Å². The van der Waals surface area contributed by atoms with E-state index in [1.54, 1.807) is 19.1 Å². The predicted octanol–water partition coefficient (Wildman–Crippen LogP) is 2.13.